The summed E-state index contributed by atoms with van der Waals surface area (Å²) >= 11 is 3.21. The Morgan fingerprint density at radius 3 is 2.75 bits per heavy atom. The van der Waals surface area contributed by atoms with Crippen LogP contribution in [0.5, 0.6) is 5.75 Å². The Labute approximate surface area is 100 Å². The van der Waals surface area contributed by atoms with Crippen molar-refractivity contribution in [3.05, 3.63) is 23.0 Å². The minimum absolute atomic E-state index is 0.142. The van der Waals surface area contributed by atoms with Crippen LogP contribution in [0.25, 0.3) is 0 Å². The number of nitriles is 1. The van der Waals surface area contributed by atoms with Gasteiger partial charge in [-0.15, -0.1) is 0 Å². The van der Waals surface area contributed by atoms with Crippen LogP contribution in [0, 0.1) is 11.3 Å². The van der Waals surface area contributed by atoms with Crippen molar-refractivity contribution >= 4 is 15.9 Å². The van der Waals surface area contributed by atoms with Gasteiger partial charge in [0, 0.05) is 22.7 Å². The molecule has 1 rings (SSSR count). The van der Waals surface area contributed by atoms with E-state index in [-0.39, 0.29) is 17.7 Å². The summed E-state index contributed by atoms with van der Waals surface area (Å²) in [4.78, 5) is 3.67. The van der Waals surface area contributed by atoms with Crippen molar-refractivity contribution in [1.82, 2.24) is 4.98 Å². The molecule has 0 aliphatic heterocycles. The second kappa shape index (κ2) is 5.75. The Morgan fingerprint density at radius 2 is 2.31 bits per heavy atom. The van der Waals surface area contributed by atoms with Gasteiger partial charge in [-0.05, 0) is 0 Å². The molecule has 0 radical (unpaired) electrons. The molecular formula is C10H9BrF2N2O. The highest BCUT2D eigenvalue weighted by Crippen LogP contribution is 2.32. The molecule has 0 fully saturated rings. The molecule has 3 nitrogen and oxygen atoms in total. The van der Waals surface area contributed by atoms with Gasteiger partial charge in [0.05, 0.1) is 19.6 Å². The van der Waals surface area contributed by atoms with Gasteiger partial charge in [-0.3, -0.25) is 4.98 Å². The van der Waals surface area contributed by atoms with E-state index in [1.807, 2.05) is 6.07 Å². The lowest BCUT2D eigenvalue weighted by Gasteiger charge is -2.13. The summed E-state index contributed by atoms with van der Waals surface area (Å²) < 4.78 is 30.4. The van der Waals surface area contributed by atoms with Gasteiger partial charge < -0.3 is 4.74 Å². The highest BCUT2D eigenvalue weighted by atomic mass is 79.9. The van der Waals surface area contributed by atoms with E-state index in [9.17, 15) is 8.78 Å². The monoisotopic (exact) mass is 290 g/mol. The van der Waals surface area contributed by atoms with E-state index in [4.69, 9.17) is 10.00 Å². The number of nitrogens with zero attached hydrogens (tertiary/aromatic N) is 2. The Kier molecular flexibility index (Phi) is 4.62. The molecule has 1 aromatic heterocycles. The lowest BCUT2D eigenvalue weighted by molar-refractivity contribution is 0.144. The minimum atomic E-state index is -2.71. The van der Waals surface area contributed by atoms with Crippen LogP contribution in [-0.2, 0) is 11.8 Å². The SMILES string of the molecule is COc1c(CBr)cnc(C(F)F)c1CC#N. The number of aromatic nitrogens is 1. The number of hydrogen-bond acceptors (Lipinski definition) is 3. The first-order chi connectivity index (χ1) is 7.65. The minimum Gasteiger partial charge on any atom is -0.496 e. The van der Waals surface area contributed by atoms with Crippen molar-refractivity contribution in [1.29, 1.82) is 5.26 Å². The van der Waals surface area contributed by atoms with E-state index in [1.165, 1.54) is 13.3 Å². The van der Waals surface area contributed by atoms with Crippen molar-refractivity contribution in [2.45, 2.75) is 18.2 Å². The van der Waals surface area contributed by atoms with Gasteiger partial charge in [0.2, 0.25) is 0 Å². The lowest BCUT2D eigenvalue weighted by atomic mass is 10.1. The van der Waals surface area contributed by atoms with Crippen LogP contribution in [0.1, 0.15) is 23.2 Å². The van der Waals surface area contributed by atoms with Gasteiger partial charge >= 0.3 is 0 Å². The normalized spacial score (nSPS) is 10.2. The fourth-order valence-electron chi connectivity index (χ4n) is 1.38. The molecule has 0 amide bonds. The molecular weight excluding hydrogens is 282 g/mol. The molecule has 0 aliphatic carbocycles. The van der Waals surface area contributed by atoms with Crippen molar-refractivity contribution in [2.75, 3.05) is 7.11 Å². The molecule has 0 saturated heterocycles. The van der Waals surface area contributed by atoms with E-state index in [2.05, 4.69) is 20.9 Å². The maximum Gasteiger partial charge on any atom is 0.280 e. The standard InChI is InChI=1S/C10H9BrF2N2O/c1-16-9-6(4-11)5-15-8(10(12)13)7(9)2-3-14/h5,10H,2,4H2,1H3. The zero-order valence-electron chi connectivity index (χ0n) is 8.51. The van der Waals surface area contributed by atoms with Gasteiger partial charge in [-0.1, -0.05) is 15.9 Å². The van der Waals surface area contributed by atoms with Gasteiger partial charge in [0.1, 0.15) is 11.4 Å². The van der Waals surface area contributed by atoms with Gasteiger partial charge in [-0.25, -0.2) is 8.78 Å². The van der Waals surface area contributed by atoms with Crippen molar-refractivity contribution in [3.63, 3.8) is 0 Å². The number of hydrogen-bond donors (Lipinski definition) is 0. The van der Waals surface area contributed by atoms with E-state index < -0.39 is 6.43 Å². The Bertz CT molecular complexity index is 418. The summed E-state index contributed by atoms with van der Waals surface area (Å²) in [5.41, 5.74) is 0.428. The fourth-order valence-corrected chi connectivity index (χ4v) is 1.78. The summed E-state index contributed by atoms with van der Waals surface area (Å²) in [6.45, 7) is 0. The molecule has 0 bridgehead atoms. The third kappa shape index (κ3) is 2.47. The quantitative estimate of drug-likeness (QED) is 0.801. The molecule has 0 N–H and O–H groups in total. The maximum absolute atomic E-state index is 12.7. The topological polar surface area (TPSA) is 45.9 Å². The number of rotatable bonds is 4. The van der Waals surface area contributed by atoms with Gasteiger partial charge in [0.15, 0.2) is 0 Å². The van der Waals surface area contributed by atoms with Crippen molar-refractivity contribution in [3.8, 4) is 11.8 Å². The molecule has 0 unspecified atom stereocenters. The number of methoxy groups -OCH3 is 1. The fraction of sp³-hybridized carbons (Fsp3) is 0.400. The lowest BCUT2D eigenvalue weighted by Crippen LogP contribution is -2.04. The second-order valence-electron chi connectivity index (χ2n) is 2.95. The molecule has 16 heavy (non-hydrogen) atoms. The van der Waals surface area contributed by atoms with Crippen LogP contribution in [0.4, 0.5) is 8.78 Å². The molecule has 86 valence electrons. The van der Waals surface area contributed by atoms with Crippen LogP contribution in [-0.4, -0.2) is 12.1 Å². The zero-order chi connectivity index (χ0) is 12.1. The first-order valence-electron chi connectivity index (χ1n) is 4.41. The van der Waals surface area contributed by atoms with E-state index in [0.29, 0.717) is 16.6 Å². The first kappa shape index (κ1) is 12.8. The van der Waals surface area contributed by atoms with Crippen molar-refractivity contribution < 1.29 is 13.5 Å². The molecule has 6 heteroatoms. The molecule has 0 aliphatic rings. The van der Waals surface area contributed by atoms with Gasteiger partial charge in [-0.2, -0.15) is 5.26 Å². The Morgan fingerprint density at radius 1 is 1.62 bits per heavy atom. The molecule has 0 spiro atoms. The summed E-state index contributed by atoms with van der Waals surface area (Å²) in [6, 6.07) is 1.84. The molecule has 0 aromatic carbocycles. The maximum atomic E-state index is 12.7. The number of halogens is 3. The molecule has 0 saturated carbocycles. The summed E-state index contributed by atoms with van der Waals surface area (Å²) in [5, 5.41) is 9.06. The summed E-state index contributed by atoms with van der Waals surface area (Å²) in [6.07, 6.45) is -1.52. The van der Waals surface area contributed by atoms with Crippen LogP contribution >= 0.6 is 15.9 Å². The van der Waals surface area contributed by atoms with E-state index >= 15 is 0 Å². The largest absolute Gasteiger partial charge is 0.496 e. The third-order valence-corrected chi connectivity index (χ3v) is 2.65. The predicted octanol–water partition coefficient (Wildman–Crippen LogP) is 2.99. The number of pyridine rings is 1. The smallest absolute Gasteiger partial charge is 0.280 e. The highest BCUT2D eigenvalue weighted by Gasteiger charge is 2.20. The van der Waals surface area contributed by atoms with E-state index in [1.54, 1.807) is 0 Å². The summed E-state index contributed by atoms with van der Waals surface area (Å²) in [5.74, 6) is 0.309. The predicted molar refractivity (Wildman–Crippen MR) is 57.7 cm³/mol. The zero-order valence-corrected chi connectivity index (χ0v) is 10.1. The van der Waals surface area contributed by atoms with Crippen LogP contribution < -0.4 is 4.74 Å². The number of ether oxygens (including phenoxy) is 1. The van der Waals surface area contributed by atoms with E-state index in [0.717, 1.165) is 0 Å². The van der Waals surface area contributed by atoms with Crippen LogP contribution in [0.15, 0.2) is 6.20 Å². The van der Waals surface area contributed by atoms with Gasteiger partial charge in [0.25, 0.3) is 6.43 Å². The second-order valence-corrected chi connectivity index (χ2v) is 3.51. The highest BCUT2D eigenvalue weighted by molar-refractivity contribution is 9.08. The van der Waals surface area contributed by atoms with Crippen molar-refractivity contribution in [2.24, 2.45) is 0 Å². The Hall–Kier alpha value is -1.22. The van der Waals surface area contributed by atoms with Crippen LogP contribution in [0.3, 0.4) is 0 Å². The Balaban J connectivity index is 3.38. The average Bonchev–Trinajstić information content (AvgIpc) is 2.28. The third-order valence-electron chi connectivity index (χ3n) is 2.05. The average molecular weight is 291 g/mol. The summed E-state index contributed by atoms with van der Waals surface area (Å²) in [7, 11) is 1.39. The molecule has 1 aromatic rings. The molecule has 0 atom stereocenters. The van der Waals surface area contributed by atoms with Crippen LogP contribution in [0.2, 0.25) is 0 Å². The molecule has 1 heterocycles. The number of alkyl halides is 3. The first-order valence-corrected chi connectivity index (χ1v) is 5.53.